The average molecular weight is 292 g/mol. The number of ether oxygens (including phenoxy) is 2. The van der Waals surface area contributed by atoms with Crippen LogP contribution in [0.4, 0.5) is 11.4 Å². The summed E-state index contributed by atoms with van der Waals surface area (Å²) in [5, 5.41) is 14.0. The number of hydrogen-bond acceptors (Lipinski definition) is 6. The molecule has 1 aromatic rings. The largest absolute Gasteiger partial charge is 0.464 e. The minimum Gasteiger partial charge on any atom is -0.464 e. The number of fused-ring (bicyclic) bond motifs is 3. The summed E-state index contributed by atoms with van der Waals surface area (Å²) in [5.74, 6) is -0.361. The van der Waals surface area contributed by atoms with E-state index in [4.69, 9.17) is 9.47 Å². The quantitative estimate of drug-likeness (QED) is 0.521. The van der Waals surface area contributed by atoms with Crippen molar-refractivity contribution in [3.8, 4) is 0 Å². The molecular weight excluding hydrogens is 276 g/mol. The smallest absolute Gasteiger partial charge is 0.328 e. The van der Waals surface area contributed by atoms with Crippen LogP contribution in [0.15, 0.2) is 18.2 Å². The van der Waals surface area contributed by atoms with E-state index >= 15 is 0 Å². The van der Waals surface area contributed by atoms with Crippen LogP contribution < -0.4 is 5.32 Å². The standard InChI is InChI=1S/C14H16N2O5/c1-2-20-14(17)12-9-5-6-21-13(9)10-7-8(16(18)19)3-4-11(10)15-12/h3-4,7,9,12-13,15H,2,5-6H2,1H3/t9-,12?,13-/m0/s1. The SMILES string of the molecule is CCOC(=O)C1Nc2ccc([N+](=O)[O-])cc2[C@H]2OCC[C@@H]12. The van der Waals surface area contributed by atoms with Crippen molar-refractivity contribution in [2.75, 3.05) is 18.5 Å². The predicted octanol–water partition coefficient (Wildman–Crippen LogP) is 2.03. The van der Waals surface area contributed by atoms with Gasteiger partial charge in [0.25, 0.3) is 5.69 Å². The summed E-state index contributed by atoms with van der Waals surface area (Å²) in [5.41, 5.74) is 1.47. The van der Waals surface area contributed by atoms with E-state index < -0.39 is 11.0 Å². The third-order valence-electron chi connectivity index (χ3n) is 3.97. The van der Waals surface area contributed by atoms with E-state index in [1.54, 1.807) is 13.0 Å². The number of esters is 1. The number of anilines is 1. The highest BCUT2D eigenvalue weighted by atomic mass is 16.6. The first-order valence-corrected chi connectivity index (χ1v) is 6.95. The average Bonchev–Trinajstić information content (AvgIpc) is 2.95. The number of non-ortho nitro benzene ring substituents is 1. The van der Waals surface area contributed by atoms with Crippen molar-refractivity contribution in [3.05, 3.63) is 33.9 Å². The van der Waals surface area contributed by atoms with Gasteiger partial charge in [-0.15, -0.1) is 0 Å². The van der Waals surface area contributed by atoms with Crippen LogP contribution in [0, 0.1) is 16.0 Å². The summed E-state index contributed by atoms with van der Waals surface area (Å²) in [7, 11) is 0. The first kappa shape index (κ1) is 13.8. The Morgan fingerprint density at radius 1 is 1.57 bits per heavy atom. The third-order valence-corrected chi connectivity index (χ3v) is 3.97. The van der Waals surface area contributed by atoms with E-state index in [1.807, 2.05) is 0 Å². The van der Waals surface area contributed by atoms with Crippen LogP contribution >= 0.6 is 0 Å². The second kappa shape index (κ2) is 5.33. The van der Waals surface area contributed by atoms with E-state index in [9.17, 15) is 14.9 Å². The van der Waals surface area contributed by atoms with Gasteiger partial charge in [-0.1, -0.05) is 0 Å². The maximum absolute atomic E-state index is 12.1. The van der Waals surface area contributed by atoms with Crippen LogP contribution in [0.3, 0.4) is 0 Å². The molecule has 7 nitrogen and oxygen atoms in total. The van der Waals surface area contributed by atoms with E-state index in [-0.39, 0.29) is 23.7 Å². The molecule has 0 radical (unpaired) electrons. The molecule has 2 aliphatic heterocycles. The molecule has 1 fully saturated rings. The lowest BCUT2D eigenvalue weighted by Crippen LogP contribution is -2.43. The topological polar surface area (TPSA) is 90.7 Å². The van der Waals surface area contributed by atoms with E-state index in [0.717, 1.165) is 12.0 Å². The molecule has 112 valence electrons. The third kappa shape index (κ3) is 2.33. The Bertz CT molecular complexity index is 589. The molecule has 1 unspecified atom stereocenters. The van der Waals surface area contributed by atoms with Gasteiger partial charge in [0.15, 0.2) is 0 Å². The van der Waals surface area contributed by atoms with Gasteiger partial charge < -0.3 is 14.8 Å². The normalized spacial score (nSPS) is 26.4. The number of nitro benzene ring substituents is 1. The second-order valence-corrected chi connectivity index (χ2v) is 5.15. The molecule has 0 aliphatic carbocycles. The number of nitrogens with zero attached hydrogens (tertiary/aromatic N) is 1. The van der Waals surface area contributed by atoms with Crippen molar-refractivity contribution in [2.45, 2.75) is 25.5 Å². The fourth-order valence-electron chi connectivity index (χ4n) is 3.04. The van der Waals surface area contributed by atoms with Gasteiger partial charge >= 0.3 is 5.97 Å². The zero-order valence-corrected chi connectivity index (χ0v) is 11.6. The molecule has 0 spiro atoms. The van der Waals surface area contributed by atoms with Crippen molar-refractivity contribution >= 4 is 17.3 Å². The van der Waals surface area contributed by atoms with Gasteiger partial charge in [-0.25, -0.2) is 4.79 Å². The Balaban J connectivity index is 1.97. The molecule has 0 aromatic heterocycles. The van der Waals surface area contributed by atoms with Gasteiger partial charge in [-0.2, -0.15) is 0 Å². The Morgan fingerprint density at radius 2 is 2.38 bits per heavy atom. The van der Waals surface area contributed by atoms with Crippen LogP contribution in [0.5, 0.6) is 0 Å². The van der Waals surface area contributed by atoms with Gasteiger partial charge in [-0.05, 0) is 19.4 Å². The van der Waals surface area contributed by atoms with Crippen LogP contribution in [-0.4, -0.2) is 30.1 Å². The maximum Gasteiger partial charge on any atom is 0.328 e. The van der Waals surface area contributed by atoms with Crippen molar-refractivity contribution in [1.82, 2.24) is 0 Å². The maximum atomic E-state index is 12.1. The summed E-state index contributed by atoms with van der Waals surface area (Å²) in [6.07, 6.45) is 0.430. The number of nitrogens with one attached hydrogen (secondary N) is 1. The molecule has 0 amide bonds. The van der Waals surface area contributed by atoms with Gasteiger partial charge in [-0.3, -0.25) is 10.1 Å². The Morgan fingerprint density at radius 3 is 3.10 bits per heavy atom. The molecule has 0 saturated carbocycles. The lowest BCUT2D eigenvalue weighted by Gasteiger charge is -2.34. The molecule has 1 aromatic carbocycles. The minimum atomic E-state index is -0.466. The first-order chi connectivity index (χ1) is 10.1. The second-order valence-electron chi connectivity index (χ2n) is 5.15. The van der Waals surface area contributed by atoms with Crippen LogP contribution in [0.2, 0.25) is 0 Å². The zero-order chi connectivity index (χ0) is 15.0. The zero-order valence-electron chi connectivity index (χ0n) is 11.6. The lowest BCUT2D eigenvalue weighted by molar-refractivity contribution is -0.385. The monoisotopic (exact) mass is 292 g/mol. The van der Waals surface area contributed by atoms with Gasteiger partial charge in [0, 0.05) is 35.9 Å². The highest BCUT2D eigenvalue weighted by Crippen LogP contribution is 2.45. The number of carbonyl (C=O) groups is 1. The van der Waals surface area contributed by atoms with Crippen molar-refractivity contribution in [1.29, 1.82) is 0 Å². The highest BCUT2D eigenvalue weighted by molar-refractivity contribution is 5.82. The van der Waals surface area contributed by atoms with Crippen molar-refractivity contribution in [3.63, 3.8) is 0 Å². The van der Waals surface area contributed by atoms with E-state index in [1.165, 1.54) is 12.1 Å². The fourth-order valence-corrected chi connectivity index (χ4v) is 3.04. The lowest BCUT2D eigenvalue weighted by atomic mass is 9.84. The van der Waals surface area contributed by atoms with Crippen molar-refractivity contribution < 1.29 is 19.2 Å². The van der Waals surface area contributed by atoms with E-state index in [0.29, 0.717) is 18.9 Å². The Kier molecular flexibility index (Phi) is 3.50. The summed E-state index contributed by atoms with van der Waals surface area (Å²) < 4.78 is 10.8. The molecule has 1 N–H and O–H groups in total. The molecule has 21 heavy (non-hydrogen) atoms. The Hall–Kier alpha value is -2.15. The van der Waals surface area contributed by atoms with Gasteiger partial charge in [0.2, 0.25) is 0 Å². The predicted molar refractivity (Wildman–Crippen MR) is 73.9 cm³/mol. The molecule has 7 heteroatoms. The summed E-state index contributed by atoms with van der Waals surface area (Å²) in [4.78, 5) is 22.6. The van der Waals surface area contributed by atoms with Crippen LogP contribution in [0.1, 0.15) is 25.0 Å². The molecule has 2 aliphatic rings. The van der Waals surface area contributed by atoms with Crippen LogP contribution in [0.25, 0.3) is 0 Å². The molecule has 3 atom stereocenters. The number of nitro groups is 1. The molecule has 1 saturated heterocycles. The fraction of sp³-hybridized carbons (Fsp3) is 0.500. The van der Waals surface area contributed by atoms with Crippen molar-refractivity contribution in [2.24, 2.45) is 5.92 Å². The summed E-state index contributed by atoms with van der Waals surface area (Å²) >= 11 is 0. The highest BCUT2D eigenvalue weighted by Gasteiger charge is 2.45. The van der Waals surface area contributed by atoms with Gasteiger partial charge in [0.05, 0.1) is 17.6 Å². The Labute approximate surface area is 121 Å². The number of rotatable bonds is 3. The summed E-state index contributed by atoms with van der Waals surface area (Å²) in [6, 6.07) is 4.10. The first-order valence-electron chi connectivity index (χ1n) is 6.95. The molecular formula is C14H16N2O5. The van der Waals surface area contributed by atoms with Crippen LogP contribution in [-0.2, 0) is 14.3 Å². The number of carbonyl (C=O) groups excluding carboxylic acids is 1. The molecule has 3 rings (SSSR count). The summed E-state index contributed by atoms with van der Waals surface area (Å²) in [6.45, 7) is 2.62. The molecule has 0 bridgehead atoms. The number of hydrogen-bond donors (Lipinski definition) is 1. The minimum absolute atomic E-state index is 0.0272. The number of benzene rings is 1. The molecule has 2 heterocycles. The van der Waals surface area contributed by atoms with Gasteiger partial charge in [0.1, 0.15) is 6.04 Å². The van der Waals surface area contributed by atoms with E-state index in [2.05, 4.69) is 5.32 Å².